The minimum Gasteiger partial charge on any atom is -0.463 e. The van der Waals surface area contributed by atoms with Gasteiger partial charge in [-0.25, -0.2) is 9.89 Å². The van der Waals surface area contributed by atoms with Gasteiger partial charge in [-0.15, -0.1) is 0 Å². The molecule has 0 bridgehead atoms. The molecule has 6 heteroatoms. The monoisotopic (exact) mass is 243 g/mol. The van der Waals surface area contributed by atoms with Crippen LogP contribution in [0.2, 0.25) is 0 Å². The van der Waals surface area contributed by atoms with Crippen LogP contribution in [0.5, 0.6) is 0 Å². The van der Waals surface area contributed by atoms with Crippen molar-refractivity contribution in [3.8, 4) is 0 Å². The van der Waals surface area contributed by atoms with E-state index in [1.54, 1.807) is 0 Å². The molecule has 3 heterocycles. The second-order valence-electron chi connectivity index (χ2n) is 4.00. The highest BCUT2D eigenvalue weighted by molar-refractivity contribution is 6.20. The highest BCUT2D eigenvalue weighted by Gasteiger charge is 2.29. The van der Waals surface area contributed by atoms with Crippen molar-refractivity contribution in [1.29, 1.82) is 0 Å². The first-order chi connectivity index (χ1) is 8.78. The average molecular weight is 243 g/mol. The van der Waals surface area contributed by atoms with Crippen molar-refractivity contribution < 1.29 is 4.74 Å². The van der Waals surface area contributed by atoms with E-state index in [4.69, 9.17) is 4.74 Å². The topological polar surface area (TPSA) is 61.9 Å². The van der Waals surface area contributed by atoms with E-state index in [1.165, 1.54) is 0 Å². The van der Waals surface area contributed by atoms with Gasteiger partial charge in [-0.3, -0.25) is 0 Å². The molecule has 0 atom stereocenters. The number of hydrogen-bond donors (Lipinski definition) is 0. The largest absolute Gasteiger partial charge is 0.463 e. The molecule has 0 aromatic heterocycles. The average Bonchev–Trinajstić information content (AvgIpc) is 2.36. The quantitative estimate of drug-likeness (QED) is 0.740. The fraction of sp³-hybridized carbons (Fsp3) is 0.333. The number of hydrogen-bond acceptors (Lipinski definition) is 6. The van der Waals surface area contributed by atoms with Gasteiger partial charge in [-0.1, -0.05) is 13.0 Å². The van der Waals surface area contributed by atoms with Gasteiger partial charge in [0.05, 0.1) is 6.61 Å². The van der Waals surface area contributed by atoms with Crippen LogP contribution in [0, 0.1) is 0 Å². The lowest BCUT2D eigenvalue weighted by Gasteiger charge is -2.30. The molecule has 0 aromatic carbocycles. The van der Waals surface area contributed by atoms with Crippen molar-refractivity contribution in [3.63, 3.8) is 0 Å². The summed E-state index contributed by atoms with van der Waals surface area (Å²) in [6.45, 7) is 4.48. The van der Waals surface area contributed by atoms with Gasteiger partial charge in [0.25, 0.3) is 0 Å². The number of nitrogens with zero attached hydrogens (tertiary/aromatic N) is 5. The molecule has 0 amide bonds. The molecule has 0 aromatic rings. The number of ether oxygens (including phenoxy) is 1. The van der Waals surface area contributed by atoms with Crippen LogP contribution in [-0.4, -0.2) is 35.2 Å². The minimum atomic E-state index is 0.363. The van der Waals surface area contributed by atoms with Gasteiger partial charge in [0.2, 0.25) is 5.96 Å². The van der Waals surface area contributed by atoms with E-state index >= 15 is 0 Å². The van der Waals surface area contributed by atoms with Gasteiger partial charge in [-0.05, 0) is 25.5 Å². The van der Waals surface area contributed by atoms with E-state index < -0.39 is 0 Å². The lowest BCUT2D eigenvalue weighted by atomic mass is 10.3. The third kappa shape index (κ3) is 1.75. The lowest BCUT2D eigenvalue weighted by molar-refractivity contribution is 0.297. The van der Waals surface area contributed by atoms with Gasteiger partial charge >= 0.3 is 6.02 Å². The standard InChI is InChI=1S/C12H13N5O/c1-3-7-18-12-15-10-6-4-5-9-13-8(2)14-11(16-12)17(9)10/h4-6H,3,7H2,1-2H3. The van der Waals surface area contributed by atoms with Gasteiger partial charge in [0.1, 0.15) is 17.5 Å². The molecule has 0 saturated heterocycles. The molecule has 3 aliphatic rings. The Balaban J connectivity index is 2.00. The lowest BCUT2D eigenvalue weighted by Crippen LogP contribution is -2.41. The van der Waals surface area contributed by atoms with Crippen LogP contribution in [0.25, 0.3) is 0 Å². The molecule has 0 radical (unpaired) electrons. The molecular formula is C12H13N5O. The Bertz CT molecular complexity index is 565. The summed E-state index contributed by atoms with van der Waals surface area (Å²) in [5.74, 6) is 2.78. The number of rotatable bonds is 2. The molecule has 0 spiro atoms. The molecule has 0 unspecified atom stereocenters. The van der Waals surface area contributed by atoms with Crippen LogP contribution in [0.4, 0.5) is 0 Å². The Morgan fingerprint density at radius 2 is 2.11 bits per heavy atom. The number of allylic oxidation sites excluding steroid dienone is 2. The zero-order valence-electron chi connectivity index (χ0n) is 10.3. The Kier molecular flexibility index (Phi) is 2.55. The Morgan fingerprint density at radius 3 is 2.94 bits per heavy atom. The number of guanidine groups is 1. The van der Waals surface area contributed by atoms with Crippen LogP contribution in [0.15, 0.2) is 44.0 Å². The predicted molar refractivity (Wildman–Crippen MR) is 70.7 cm³/mol. The van der Waals surface area contributed by atoms with E-state index in [2.05, 4.69) is 20.0 Å². The zero-order valence-corrected chi connectivity index (χ0v) is 10.3. The van der Waals surface area contributed by atoms with Crippen LogP contribution in [-0.2, 0) is 4.74 Å². The van der Waals surface area contributed by atoms with Crippen molar-refractivity contribution in [3.05, 3.63) is 24.0 Å². The van der Waals surface area contributed by atoms with Gasteiger partial charge in [-0.2, -0.15) is 15.0 Å². The van der Waals surface area contributed by atoms with E-state index in [-0.39, 0.29) is 0 Å². The summed E-state index contributed by atoms with van der Waals surface area (Å²) >= 11 is 0. The molecule has 0 fully saturated rings. The van der Waals surface area contributed by atoms with E-state index in [9.17, 15) is 0 Å². The Hall–Kier alpha value is -2.24. The van der Waals surface area contributed by atoms with Crippen molar-refractivity contribution in [2.75, 3.05) is 6.61 Å². The van der Waals surface area contributed by atoms with Gasteiger partial charge in [0.15, 0.2) is 0 Å². The third-order valence-corrected chi connectivity index (χ3v) is 2.53. The summed E-state index contributed by atoms with van der Waals surface area (Å²) in [5.41, 5.74) is 0. The summed E-state index contributed by atoms with van der Waals surface area (Å²) < 4.78 is 5.47. The molecular weight excluding hydrogens is 230 g/mol. The molecule has 18 heavy (non-hydrogen) atoms. The number of amidine groups is 3. The fourth-order valence-electron chi connectivity index (χ4n) is 1.79. The first-order valence-electron chi connectivity index (χ1n) is 5.90. The van der Waals surface area contributed by atoms with Crippen LogP contribution in [0.1, 0.15) is 20.3 Å². The smallest absolute Gasteiger partial charge is 0.321 e. The highest BCUT2D eigenvalue weighted by Crippen LogP contribution is 2.22. The molecule has 6 nitrogen and oxygen atoms in total. The SMILES string of the molecule is CCCOC1=NC2=CC=CC3=NC(C)=NC(=N1)N23. The summed E-state index contributed by atoms with van der Waals surface area (Å²) in [4.78, 5) is 19.1. The van der Waals surface area contributed by atoms with Crippen molar-refractivity contribution in [1.82, 2.24) is 4.90 Å². The first kappa shape index (κ1) is 10.9. The maximum Gasteiger partial charge on any atom is 0.321 e. The zero-order chi connectivity index (χ0) is 12.5. The minimum absolute atomic E-state index is 0.363. The fourth-order valence-corrected chi connectivity index (χ4v) is 1.79. The van der Waals surface area contributed by atoms with E-state index in [0.717, 1.165) is 18.1 Å². The summed E-state index contributed by atoms with van der Waals surface area (Å²) in [6.07, 6.45) is 6.62. The molecule has 0 N–H and O–H groups in total. The van der Waals surface area contributed by atoms with Crippen molar-refractivity contribution in [2.45, 2.75) is 20.3 Å². The summed E-state index contributed by atoms with van der Waals surface area (Å²) in [6, 6.07) is 0.363. The molecule has 3 rings (SSSR count). The second kappa shape index (κ2) is 4.21. The first-order valence-corrected chi connectivity index (χ1v) is 5.90. The summed E-state index contributed by atoms with van der Waals surface area (Å²) in [5, 5.41) is 0. The third-order valence-electron chi connectivity index (χ3n) is 2.53. The van der Waals surface area contributed by atoms with Gasteiger partial charge < -0.3 is 4.74 Å². The maximum atomic E-state index is 5.47. The van der Waals surface area contributed by atoms with Crippen LogP contribution in [0.3, 0.4) is 0 Å². The van der Waals surface area contributed by atoms with Crippen molar-refractivity contribution in [2.24, 2.45) is 20.0 Å². The maximum absolute atomic E-state index is 5.47. The molecule has 0 saturated carbocycles. The van der Waals surface area contributed by atoms with Gasteiger partial charge in [0, 0.05) is 0 Å². The molecule has 92 valence electrons. The Morgan fingerprint density at radius 1 is 1.22 bits per heavy atom. The van der Waals surface area contributed by atoms with Crippen LogP contribution >= 0.6 is 0 Å². The predicted octanol–water partition coefficient (Wildman–Crippen LogP) is 1.68. The normalized spacial score (nSPS) is 20.3. The van der Waals surface area contributed by atoms with E-state index in [0.29, 0.717) is 24.4 Å². The molecule has 0 aliphatic carbocycles. The van der Waals surface area contributed by atoms with Crippen LogP contribution < -0.4 is 0 Å². The Labute approximate surface area is 105 Å². The van der Waals surface area contributed by atoms with Crippen molar-refractivity contribution >= 4 is 23.7 Å². The second-order valence-corrected chi connectivity index (χ2v) is 4.00. The van der Waals surface area contributed by atoms with E-state index in [1.807, 2.05) is 37.0 Å². The highest BCUT2D eigenvalue weighted by atomic mass is 16.5. The number of aliphatic imine (C=N–C) groups is 4. The molecule has 3 aliphatic heterocycles. The summed E-state index contributed by atoms with van der Waals surface area (Å²) in [7, 11) is 0.